The van der Waals surface area contributed by atoms with Crippen LogP contribution in [-0.2, 0) is 6.54 Å². The number of rotatable bonds is 5. The summed E-state index contributed by atoms with van der Waals surface area (Å²) in [5.74, 6) is 0.918. The number of halogens is 1. The second-order valence-corrected chi connectivity index (χ2v) is 5.85. The Hall–Kier alpha value is -1.03. The summed E-state index contributed by atoms with van der Waals surface area (Å²) >= 11 is 7.52. The molecule has 0 saturated carbocycles. The SMILES string of the molecule is COc1ccccc1C(C)NCc1ccc(Cl)s1. The molecular formula is C14H16ClNOS. The number of hydrogen-bond acceptors (Lipinski definition) is 3. The van der Waals surface area contributed by atoms with Gasteiger partial charge in [0.15, 0.2) is 0 Å². The fourth-order valence-corrected chi connectivity index (χ4v) is 2.87. The first-order chi connectivity index (χ1) is 8.70. The normalized spacial score (nSPS) is 12.4. The van der Waals surface area contributed by atoms with E-state index < -0.39 is 0 Å². The summed E-state index contributed by atoms with van der Waals surface area (Å²) in [7, 11) is 1.70. The molecule has 18 heavy (non-hydrogen) atoms. The van der Waals surface area contributed by atoms with Crippen molar-refractivity contribution in [2.45, 2.75) is 19.5 Å². The molecular weight excluding hydrogens is 266 g/mol. The fraction of sp³-hybridized carbons (Fsp3) is 0.286. The molecule has 1 aromatic heterocycles. The van der Waals surface area contributed by atoms with Gasteiger partial charge in [0.1, 0.15) is 5.75 Å². The standard InChI is InChI=1S/C14H16ClNOS/c1-10(12-5-3-4-6-13(12)17-2)16-9-11-7-8-14(15)18-11/h3-8,10,16H,9H2,1-2H3. The average Bonchev–Trinajstić information content (AvgIpc) is 2.81. The van der Waals surface area contributed by atoms with E-state index in [2.05, 4.69) is 24.4 Å². The van der Waals surface area contributed by atoms with E-state index in [9.17, 15) is 0 Å². The van der Waals surface area contributed by atoms with Gasteiger partial charge in [-0.3, -0.25) is 0 Å². The maximum Gasteiger partial charge on any atom is 0.123 e. The Kier molecular flexibility index (Phi) is 4.64. The molecule has 1 unspecified atom stereocenters. The molecule has 0 radical (unpaired) electrons. The molecule has 2 aromatic rings. The Morgan fingerprint density at radius 1 is 1.28 bits per heavy atom. The lowest BCUT2D eigenvalue weighted by atomic mass is 10.1. The molecule has 0 saturated heterocycles. The third kappa shape index (κ3) is 3.25. The molecule has 0 aliphatic rings. The summed E-state index contributed by atoms with van der Waals surface area (Å²) in [6, 6.07) is 12.3. The van der Waals surface area contributed by atoms with E-state index in [0.717, 1.165) is 16.6 Å². The van der Waals surface area contributed by atoms with Crippen molar-refractivity contribution in [2.24, 2.45) is 0 Å². The van der Waals surface area contributed by atoms with Crippen LogP contribution in [0.1, 0.15) is 23.4 Å². The van der Waals surface area contributed by atoms with Crippen LogP contribution in [0.15, 0.2) is 36.4 Å². The third-order valence-corrected chi connectivity index (χ3v) is 4.05. The second kappa shape index (κ2) is 6.23. The highest BCUT2D eigenvalue weighted by molar-refractivity contribution is 7.16. The molecule has 96 valence electrons. The van der Waals surface area contributed by atoms with Gasteiger partial charge in [-0.15, -0.1) is 11.3 Å². The maximum atomic E-state index is 5.91. The van der Waals surface area contributed by atoms with Crippen molar-refractivity contribution in [1.29, 1.82) is 0 Å². The monoisotopic (exact) mass is 281 g/mol. The van der Waals surface area contributed by atoms with Gasteiger partial charge in [0.25, 0.3) is 0 Å². The van der Waals surface area contributed by atoms with E-state index in [1.54, 1.807) is 18.4 Å². The number of benzene rings is 1. The minimum atomic E-state index is 0.238. The Morgan fingerprint density at radius 3 is 2.72 bits per heavy atom. The largest absolute Gasteiger partial charge is 0.496 e. The third-order valence-electron chi connectivity index (χ3n) is 2.82. The van der Waals surface area contributed by atoms with Crippen LogP contribution in [0.4, 0.5) is 0 Å². The van der Waals surface area contributed by atoms with Gasteiger partial charge in [-0.05, 0) is 25.1 Å². The summed E-state index contributed by atoms with van der Waals surface area (Å²) in [6.07, 6.45) is 0. The maximum absolute atomic E-state index is 5.91. The number of hydrogen-bond donors (Lipinski definition) is 1. The van der Waals surface area contributed by atoms with E-state index in [1.807, 2.05) is 24.3 Å². The molecule has 2 nitrogen and oxygen atoms in total. The molecule has 4 heteroatoms. The van der Waals surface area contributed by atoms with Crippen molar-refractivity contribution in [3.8, 4) is 5.75 Å². The number of nitrogens with one attached hydrogen (secondary N) is 1. The second-order valence-electron chi connectivity index (χ2n) is 4.05. The Bertz CT molecular complexity index is 512. The van der Waals surface area contributed by atoms with Crippen LogP contribution < -0.4 is 10.1 Å². The van der Waals surface area contributed by atoms with Crippen LogP contribution in [0.25, 0.3) is 0 Å². The number of thiophene rings is 1. The average molecular weight is 282 g/mol. The lowest BCUT2D eigenvalue weighted by Gasteiger charge is -2.16. The van der Waals surface area contributed by atoms with Crippen LogP contribution >= 0.6 is 22.9 Å². The summed E-state index contributed by atoms with van der Waals surface area (Å²) < 4.78 is 6.19. The highest BCUT2D eigenvalue weighted by Crippen LogP contribution is 2.26. The first kappa shape index (κ1) is 13.4. The fourth-order valence-electron chi connectivity index (χ4n) is 1.83. The van der Waals surface area contributed by atoms with Gasteiger partial charge in [-0.25, -0.2) is 0 Å². The van der Waals surface area contributed by atoms with E-state index in [4.69, 9.17) is 16.3 Å². The van der Waals surface area contributed by atoms with Crippen molar-refractivity contribution in [2.75, 3.05) is 7.11 Å². The van der Waals surface area contributed by atoms with Crippen molar-refractivity contribution < 1.29 is 4.74 Å². The smallest absolute Gasteiger partial charge is 0.123 e. The van der Waals surface area contributed by atoms with E-state index >= 15 is 0 Å². The molecule has 0 aliphatic heterocycles. The first-order valence-electron chi connectivity index (χ1n) is 5.81. The van der Waals surface area contributed by atoms with Gasteiger partial charge >= 0.3 is 0 Å². The molecule has 0 bridgehead atoms. The van der Waals surface area contributed by atoms with Gasteiger partial charge in [0.05, 0.1) is 11.4 Å². The Labute approximate surface area is 117 Å². The van der Waals surface area contributed by atoms with Crippen molar-refractivity contribution in [3.05, 3.63) is 51.2 Å². The molecule has 0 fully saturated rings. The molecule has 1 heterocycles. The predicted molar refractivity (Wildman–Crippen MR) is 77.6 cm³/mol. The van der Waals surface area contributed by atoms with Crippen LogP contribution in [0.5, 0.6) is 5.75 Å². The highest BCUT2D eigenvalue weighted by atomic mass is 35.5. The van der Waals surface area contributed by atoms with Crippen molar-refractivity contribution in [1.82, 2.24) is 5.32 Å². The topological polar surface area (TPSA) is 21.3 Å². The Balaban J connectivity index is 2.01. The van der Waals surface area contributed by atoms with Gasteiger partial charge in [0, 0.05) is 23.0 Å². The summed E-state index contributed by atoms with van der Waals surface area (Å²) in [4.78, 5) is 1.24. The minimum Gasteiger partial charge on any atom is -0.496 e. The van der Waals surface area contributed by atoms with E-state index in [-0.39, 0.29) is 6.04 Å². The van der Waals surface area contributed by atoms with Crippen molar-refractivity contribution in [3.63, 3.8) is 0 Å². The van der Waals surface area contributed by atoms with Crippen LogP contribution in [0.2, 0.25) is 4.34 Å². The lowest BCUT2D eigenvalue weighted by molar-refractivity contribution is 0.401. The zero-order chi connectivity index (χ0) is 13.0. The molecule has 2 rings (SSSR count). The van der Waals surface area contributed by atoms with Gasteiger partial charge in [-0.2, -0.15) is 0 Å². The van der Waals surface area contributed by atoms with Gasteiger partial charge in [-0.1, -0.05) is 29.8 Å². The van der Waals surface area contributed by atoms with Crippen LogP contribution in [0, 0.1) is 0 Å². The van der Waals surface area contributed by atoms with Gasteiger partial charge < -0.3 is 10.1 Å². The lowest BCUT2D eigenvalue weighted by Crippen LogP contribution is -2.18. The molecule has 1 atom stereocenters. The van der Waals surface area contributed by atoms with Gasteiger partial charge in [0.2, 0.25) is 0 Å². The van der Waals surface area contributed by atoms with E-state index in [1.165, 1.54) is 10.4 Å². The number of ether oxygens (including phenoxy) is 1. The highest BCUT2D eigenvalue weighted by Gasteiger charge is 2.10. The number of para-hydroxylation sites is 1. The van der Waals surface area contributed by atoms with Crippen LogP contribution in [0.3, 0.4) is 0 Å². The minimum absolute atomic E-state index is 0.238. The zero-order valence-corrected chi connectivity index (χ0v) is 12.0. The van der Waals surface area contributed by atoms with Crippen LogP contribution in [-0.4, -0.2) is 7.11 Å². The molecule has 0 amide bonds. The summed E-state index contributed by atoms with van der Waals surface area (Å²) in [6.45, 7) is 2.95. The first-order valence-corrected chi connectivity index (χ1v) is 7.00. The van der Waals surface area contributed by atoms with Crippen molar-refractivity contribution >= 4 is 22.9 Å². The van der Waals surface area contributed by atoms with E-state index in [0.29, 0.717) is 0 Å². The molecule has 0 aliphatic carbocycles. The molecule has 1 N–H and O–H groups in total. The molecule has 1 aromatic carbocycles. The molecule has 0 spiro atoms. The predicted octanol–water partition coefficient (Wildman–Crippen LogP) is 4.26. The quantitative estimate of drug-likeness (QED) is 0.884. The zero-order valence-electron chi connectivity index (χ0n) is 10.4. The summed E-state index contributed by atoms with van der Waals surface area (Å²) in [5, 5.41) is 3.48. The number of methoxy groups -OCH3 is 1. The Morgan fingerprint density at radius 2 is 2.06 bits per heavy atom. The summed E-state index contributed by atoms with van der Waals surface area (Å²) in [5.41, 5.74) is 1.17.